The molecule has 3 aromatic rings. The van der Waals surface area contributed by atoms with Crippen LogP contribution in [-0.4, -0.2) is 151 Å². The summed E-state index contributed by atoms with van der Waals surface area (Å²) in [6, 6.07) is 5.02. The van der Waals surface area contributed by atoms with E-state index in [-0.39, 0.29) is 63.3 Å². The third-order valence-corrected chi connectivity index (χ3v) is 10.5. The summed E-state index contributed by atoms with van der Waals surface area (Å²) in [5.74, 6) is -6.62. The summed E-state index contributed by atoms with van der Waals surface area (Å²) in [4.78, 5) is 106. The van der Waals surface area contributed by atoms with Gasteiger partial charge in [0.15, 0.2) is 12.0 Å². The molecule has 352 valence electrons. The minimum absolute atomic E-state index is 0.0264. The van der Waals surface area contributed by atoms with Crippen molar-refractivity contribution in [2.24, 2.45) is 22.2 Å². The van der Waals surface area contributed by atoms with Crippen molar-refractivity contribution in [3.8, 4) is 5.75 Å². The zero-order chi connectivity index (χ0) is 47.6. The van der Waals surface area contributed by atoms with Gasteiger partial charge in [0.2, 0.25) is 35.4 Å². The molecule has 23 nitrogen and oxygen atoms in total. The maximum atomic E-state index is 14.0. The minimum atomic E-state index is -1.68. The van der Waals surface area contributed by atoms with Crippen LogP contribution in [0.5, 0.6) is 5.75 Å². The zero-order valence-corrected chi connectivity index (χ0v) is 35.8. The lowest BCUT2D eigenvalue weighted by atomic mass is 10.0. The molecule has 2 heterocycles. The van der Waals surface area contributed by atoms with Crippen molar-refractivity contribution in [1.29, 1.82) is 0 Å². The lowest BCUT2D eigenvalue weighted by molar-refractivity contribution is -0.146. The summed E-state index contributed by atoms with van der Waals surface area (Å²) in [6.07, 6.45) is 1.78. The molecule has 0 unspecified atom stereocenters. The van der Waals surface area contributed by atoms with Crippen molar-refractivity contribution in [3.63, 3.8) is 0 Å². The van der Waals surface area contributed by atoms with Crippen LogP contribution < -0.4 is 43.8 Å². The van der Waals surface area contributed by atoms with Crippen LogP contribution in [0.3, 0.4) is 0 Å². The number of benzene rings is 2. The van der Waals surface area contributed by atoms with Crippen LogP contribution in [0, 0.1) is 0 Å². The summed E-state index contributed by atoms with van der Waals surface area (Å²) in [5, 5.41) is 52.2. The minimum Gasteiger partial charge on any atom is -0.508 e. The van der Waals surface area contributed by atoms with E-state index in [9.17, 15) is 54.0 Å². The van der Waals surface area contributed by atoms with E-state index in [0.717, 1.165) is 4.90 Å². The molecule has 1 aromatic heterocycles. The second kappa shape index (κ2) is 24.7. The van der Waals surface area contributed by atoms with Gasteiger partial charge in [-0.1, -0.05) is 42.5 Å². The van der Waals surface area contributed by atoms with Gasteiger partial charge in [0.1, 0.15) is 36.0 Å². The van der Waals surface area contributed by atoms with E-state index in [0.29, 0.717) is 23.2 Å². The number of aromatic hydroxyl groups is 1. The number of carbonyl (C=O) groups excluding carboxylic acids is 6. The molecule has 23 heteroatoms. The second-order valence-corrected chi connectivity index (χ2v) is 15.6. The number of aromatic amines is 1. The van der Waals surface area contributed by atoms with Gasteiger partial charge in [0.25, 0.3) is 0 Å². The number of aromatic nitrogens is 2. The number of nitrogens with two attached hydrogens (primary N) is 3. The van der Waals surface area contributed by atoms with Gasteiger partial charge in [-0.15, -0.1) is 0 Å². The average molecular weight is 907 g/mol. The molecule has 1 aliphatic rings. The van der Waals surface area contributed by atoms with Crippen LogP contribution in [0.15, 0.2) is 72.1 Å². The third kappa shape index (κ3) is 15.6. The van der Waals surface area contributed by atoms with Crippen molar-refractivity contribution >= 4 is 47.4 Å². The van der Waals surface area contributed by atoms with Gasteiger partial charge < -0.3 is 74.1 Å². The Balaban J connectivity index is 1.50. The number of hydrogen-bond acceptors (Lipinski definition) is 13. The number of phenolic OH excluding ortho intramolecular Hbond substituents is 1. The fraction of sp³-hybridized carbons (Fsp3) is 0.452. The predicted octanol–water partition coefficient (Wildman–Crippen LogP) is -3.60. The number of aliphatic imine (C=N–C) groups is 1. The molecule has 1 saturated heterocycles. The zero-order valence-electron chi connectivity index (χ0n) is 35.8. The van der Waals surface area contributed by atoms with Crippen LogP contribution in [0.25, 0.3) is 0 Å². The highest BCUT2D eigenvalue weighted by molar-refractivity contribution is 5.97. The Morgan fingerprint density at radius 3 is 2.06 bits per heavy atom. The number of aliphatic hydroxyl groups is 2. The van der Waals surface area contributed by atoms with Crippen LogP contribution in [-0.2, 0) is 52.8 Å². The molecule has 2 aromatic carbocycles. The molecular weight excluding hydrogens is 849 g/mol. The quantitative estimate of drug-likeness (QED) is 0.0235. The molecule has 0 spiro atoms. The van der Waals surface area contributed by atoms with Gasteiger partial charge in [-0.2, -0.15) is 0 Å². The monoisotopic (exact) mass is 906 g/mol. The first-order chi connectivity index (χ1) is 31.0. The SMILES string of the molecule is C[C@@H](O)[C@H](NC(=O)[C@H](Cc1ccccc1)NC(=O)[C@@H]1CCCN1C(=O)[C@H](CO)NC(=O)[C@H](CCCN=C(N)N)NC(=O)[C@H](Cc1cnc[nH]1)NC(=O)[C@@H](N)Cc1ccc(O)cc1)C(=O)O. The molecule has 0 saturated carbocycles. The van der Waals surface area contributed by atoms with E-state index in [1.54, 1.807) is 42.5 Å². The number of imidazole rings is 1. The van der Waals surface area contributed by atoms with E-state index in [1.807, 2.05) is 0 Å². The van der Waals surface area contributed by atoms with E-state index < -0.39 is 96.4 Å². The average Bonchev–Trinajstić information content (AvgIpc) is 3.99. The number of nitrogens with one attached hydrogen (secondary N) is 6. The fourth-order valence-corrected chi connectivity index (χ4v) is 7.06. The number of aliphatic carboxylic acids is 1. The Bertz CT molecular complexity index is 2100. The number of amides is 6. The topological polar surface area (TPSA) is 383 Å². The number of rotatable bonds is 24. The summed E-state index contributed by atoms with van der Waals surface area (Å²) in [5.41, 5.74) is 18.8. The Morgan fingerprint density at radius 1 is 0.831 bits per heavy atom. The molecule has 1 aliphatic heterocycles. The van der Waals surface area contributed by atoms with Crippen molar-refractivity contribution in [2.45, 2.75) is 100 Å². The largest absolute Gasteiger partial charge is 0.508 e. The highest BCUT2D eigenvalue weighted by atomic mass is 16.4. The molecule has 8 atom stereocenters. The molecule has 6 amide bonds. The summed E-state index contributed by atoms with van der Waals surface area (Å²) in [6.45, 7) is 0.347. The number of carbonyl (C=O) groups is 7. The maximum absolute atomic E-state index is 14.0. The smallest absolute Gasteiger partial charge is 0.328 e. The second-order valence-electron chi connectivity index (χ2n) is 15.6. The molecule has 65 heavy (non-hydrogen) atoms. The van der Waals surface area contributed by atoms with E-state index in [1.165, 1.54) is 31.6 Å². The fourth-order valence-electron chi connectivity index (χ4n) is 7.06. The van der Waals surface area contributed by atoms with Crippen molar-refractivity contribution < 1.29 is 54.0 Å². The number of likely N-dealkylation sites (tertiary alicyclic amines) is 1. The number of guanidine groups is 1. The van der Waals surface area contributed by atoms with Crippen LogP contribution >= 0.6 is 0 Å². The lowest BCUT2D eigenvalue weighted by Crippen LogP contribution is -2.60. The molecule has 0 bridgehead atoms. The normalized spacial score (nSPS) is 16.6. The molecule has 16 N–H and O–H groups in total. The predicted molar refractivity (Wildman–Crippen MR) is 233 cm³/mol. The number of hydrogen-bond donors (Lipinski definition) is 13. The van der Waals surface area contributed by atoms with E-state index in [4.69, 9.17) is 17.2 Å². The first kappa shape index (κ1) is 50.5. The van der Waals surface area contributed by atoms with Crippen LogP contribution in [0.2, 0.25) is 0 Å². The number of H-pyrrole nitrogens is 1. The number of aliphatic hydroxyl groups excluding tert-OH is 2. The molecule has 0 radical (unpaired) electrons. The van der Waals surface area contributed by atoms with Gasteiger partial charge in [0, 0.05) is 37.8 Å². The van der Waals surface area contributed by atoms with Gasteiger partial charge >= 0.3 is 5.97 Å². The van der Waals surface area contributed by atoms with Crippen LogP contribution in [0.1, 0.15) is 49.4 Å². The maximum Gasteiger partial charge on any atom is 0.328 e. The van der Waals surface area contributed by atoms with E-state index >= 15 is 0 Å². The highest BCUT2D eigenvalue weighted by Crippen LogP contribution is 2.20. The van der Waals surface area contributed by atoms with Crippen LogP contribution in [0.4, 0.5) is 0 Å². The van der Waals surface area contributed by atoms with Crippen molar-refractivity contribution in [3.05, 3.63) is 83.9 Å². The Hall–Kier alpha value is -7.11. The number of carboxylic acids is 1. The first-order valence-corrected chi connectivity index (χ1v) is 20.9. The molecule has 1 fully saturated rings. The summed E-state index contributed by atoms with van der Waals surface area (Å²) >= 11 is 0. The van der Waals surface area contributed by atoms with Gasteiger partial charge in [-0.25, -0.2) is 9.78 Å². The number of phenols is 1. The number of nitrogens with zero attached hydrogens (tertiary/aromatic N) is 3. The molecular formula is C42H58N12O11. The standard InChI is InChI=1S/C42H58N12O11/c1-23(56)34(41(64)65)53-38(61)30(18-24-7-3-2-4-8-24)51-39(62)33-10-6-16-54(33)40(63)32(21-55)52-36(59)29(9-5-15-47-42(44)45)49-37(60)31(19-26-20-46-22-48-26)50-35(58)28(43)17-25-11-13-27(57)14-12-25/h2-4,7-8,11-14,20,22-23,28-34,55-57H,5-6,9-10,15-19,21,43H2,1H3,(H,46,48)(H,49,60)(H,50,58)(H,51,62)(H,52,59)(H,53,61)(H,64,65)(H4,44,45,47)/t23-,28+,29+,30+,31+,32+,33+,34+/m1/s1. The summed E-state index contributed by atoms with van der Waals surface area (Å²) < 4.78 is 0. The lowest BCUT2D eigenvalue weighted by Gasteiger charge is -2.30. The summed E-state index contributed by atoms with van der Waals surface area (Å²) in [7, 11) is 0. The van der Waals surface area contributed by atoms with Gasteiger partial charge in [-0.3, -0.25) is 33.8 Å². The number of carboxylic acid groups (broad SMARTS) is 1. The van der Waals surface area contributed by atoms with Gasteiger partial charge in [0.05, 0.1) is 25.1 Å². The van der Waals surface area contributed by atoms with Gasteiger partial charge in [-0.05, 0) is 62.3 Å². The van der Waals surface area contributed by atoms with Crippen molar-refractivity contribution in [1.82, 2.24) is 41.5 Å². The Morgan fingerprint density at radius 2 is 1.45 bits per heavy atom. The Kier molecular flexibility index (Phi) is 19.2. The highest BCUT2D eigenvalue weighted by Gasteiger charge is 2.40. The van der Waals surface area contributed by atoms with E-state index in [2.05, 4.69) is 41.5 Å². The Labute approximate surface area is 374 Å². The third-order valence-electron chi connectivity index (χ3n) is 10.5. The molecule has 0 aliphatic carbocycles. The first-order valence-electron chi connectivity index (χ1n) is 20.9. The molecule has 4 rings (SSSR count). The van der Waals surface area contributed by atoms with Crippen molar-refractivity contribution in [2.75, 3.05) is 19.7 Å².